The normalized spacial score (nSPS) is 13.2. The molecule has 102 valence electrons. The van der Waals surface area contributed by atoms with Crippen molar-refractivity contribution in [2.75, 3.05) is 4.72 Å². The molecule has 2 aromatic rings. The number of nitrogens with zero attached hydrogens (tertiary/aromatic N) is 1. The Labute approximate surface area is 112 Å². The third-order valence-electron chi connectivity index (χ3n) is 2.76. The summed E-state index contributed by atoms with van der Waals surface area (Å²) in [6.07, 6.45) is 1.29. The van der Waals surface area contributed by atoms with Gasteiger partial charge < -0.3 is 5.73 Å². The molecule has 19 heavy (non-hydrogen) atoms. The molecule has 0 saturated carbocycles. The zero-order chi connectivity index (χ0) is 14.0. The van der Waals surface area contributed by atoms with Crippen LogP contribution >= 0.6 is 0 Å². The van der Waals surface area contributed by atoms with E-state index in [0.29, 0.717) is 11.4 Å². The molecule has 0 bridgehead atoms. The van der Waals surface area contributed by atoms with Gasteiger partial charge in [0.25, 0.3) is 10.0 Å². The van der Waals surface area contributed by atoms with Crippen LogP contribution in [0.4, 0.5) is 5.69 Å². The molecule has 0 aliphatic carbocycles. The van der Waals surface area contributed by atoms with Gasteiger partial charge in [-0.3, -0.25) is 9.82 Å². The maximum absolute atomic E-state index is 12.1. The van der Waals surface area contributed by atoms with Crippen LogP contribution in [-0.4, -0.2) is 18.6 Å². The van der Waals surface area contributed by atoms with Gasteiger partial charge >= 0.3 is 0 Å². The third-order valence-corrected chi connectivity index (χ3v) is 4.26. The predicted octanol–water partition coefficient (Wildman–Crippen LogP) is 1.54. The Balaban J connectivity index is 2.24. The molecule has 1 heterocycles. The third kappa shape index (κ3) is 2.94. The summed E-state index contributed by atoms with van der Waals surface area (Å²) in [5.41, 5.74) is 7.67. The number of aromatic nitrogens is 2. The van der Waals surface area contributed by atoms with Crippen molar-refractivity contribution < 1.29 is 8.42 Å². The number of sulfonamides is 1. The summed E-state index contributed by atoms with van der Waals surface area (Å²) in [6, 6.07) is 6.88. The molecule has 7 heteroatoms. The summed E-state index contributed by atoms with van der Waals surface area (Å²) in [5.74, 6) is 0. The standard InChI is InChI=1S/C12H16N4O2S/c1-8(13)10-3-5-11(6-4-10)16-19(17,18)12-7-14-15-9(12)2/h3-8,16H,13H2,1-2H3,(H,14,15). The molecule has 4 N–H and O–H groups in total. The second-order valence-electron chi connectivity index (χ2n) is 4.38. The van der Waals surface area contributed by atoms with Gasteiger partial charge in [-0.2, -0.15) is 5.10 Å². The Morgan fingerprint density at radius 2 is 1.95 bits per heavy atom. The van der Waals surface area contributed by atoms with E-state index in [2.05, 4.69) is 14.9 Å². The highest BCUT2D eigenvalue weighted by Crippen LogP contribution is 2.19. The topological polar surface area (TPSA) is 101 Å². The molecule has 0 saturated heterocycles. The Morgan fingerprint density at radius 1 is 1.32 bits per heavy atom. The minimum absolute atomic E-state index is 0.0817. The van der Waals surface area contributed by atoms with Gasteiger partial charge in [-0.1, -0.05) is 12.1 Å². The lowest BCUT2D eigenvalue weighted by atomic mass is 10.1. The molecule has 6 nitrogen and oxygen atoms in total. The molecule has 0 amide bonds. The zero-order valence-corrected chi connectivity index (χ0v) is 11.5. The summed E-state index contributed by atoms with van der Waals surface area (Å²) in [4.78, 5) is 0.142. The number of hydrogen-bond donors (Lipinski definition) is 3. The fraction of sp³-hybridized carbons (Fsp3) is 0.250. The number of hydrogen-bond acceptors (Lipinski definition) is 4. The van der Waals surface area contributed by atoms with E-state index in [1.165, 1.54) is 6.20 Å². The van der Waals surface area contributed by atoms with Crippen LogP contribution in [0, 0.1) is 6.92 Å². The number of rotatable bonds is 4. The molecule has 1 atom stereocenters. The average Bonchev–Trinajstić information content (AvgIpc) is 2.76. The predicted molar refractivity (Wildman–Crippen MR) is 73.2 cm³/mol. The van der Waals surface area contributed by atoms with Crippen molar-refractivity contribution in [1.82, 2.24) is 10.2 Å². The van der Waals surface area contributed by atoms with Crippen LogP contribution in [0.3, 0.4) is 0 Å². The first-order valence-electron chi connectivity index (χ1n) is 5.78. The van der Waals surface area contributed by atoms with Crippen molar-refractivity contribution >= 4 is 15.7 Å². The van der Waals surface area contributed by atoms with E-state index in [-0.39, 0.29) is 10.9 Å². The molecule has 0 spiro atoms. The van der Waals surface area contributed by atoms with E-state index in [0.717, 1.165) is 5.56 Å². The van der Waals surface area contributed by atoms with Crippen molar-refractivity contribution in [1.29, 1.82) is 0 Å². The maximum Gasteiger partial charge on any atom is 0.265 e. The minimum Gasteiger partial charge on any atom is -0.324 e. The van der Waals surface area contributed by atoms with E-state index in [1.54, 1.807) is 31.2 Å². The maximum atomic E-state index is 12.1. The number of aromatic amines is 1. The largest absolute Gasteiger partial charge is 0.324 e. The molecule has 0 aliphatic rings. The van der Waals surface area contributed by atoms with E-state index in [9.17, 15) is 8.42 Å². The number of anilines is 1. The quantitative estimate of drug-likeness (QED) is 0.790. The van der Waals surface area contributed by atoms with Gasteiger partial charge in [-0.25, -0.2) is 8.42 Å². The summed E-state index contributed by atoms with van der Waals surface area (Å²) in [6.45, 7) is 3.52. The Kier molecular flexibility index (Phi) is 3.59. The number of H-pyrrole nitrogens is 1. The first-order chi connectivity index (χ1) is 8.90. The molecule has 1 aromatic heterocycles. The summed E-state index contributed by atoms with van der Waals surface area (Å²) >= 11 is 0. The highest BCUT2D eigenvalue weighted by atomic mass is 32.2. The van der Waals surface area contributed by atoms with E-state index >= 15 is 0 Å². The first kappa shape index (κ1) is 13.6. The van der Waals surface area contributed by atoms with Crippen molar-refractivity contribution in [2.45, 2.75) is 24.8 Å². The van der Waals surface area contributed by atoms with Gasteiger partial charge in [0.05, 0.1) is 11.9 Å². The summed E-state index contributed by atoms with van der Waals surface area (Å²) in [5, 5.41) is 6.31. The lowest BCUT2D eigenvalue weighted by molar-refractivity contribution is 0.600. The smallest absolute Gasteiger partial charge is 0.265 e. The molecular formula is C12H16N4O2S. The Morgan fingerprint density at radius 3 is 2.42 bits per heavy atom. The van der Waals surface area contributed by atoms with Gasteiger partial charge in [0, 0.05) is 11.7 Å². The number of aryl methyl sites for hydroxylation is 1. The summed E-state index contributed by atoms with van der Waals surface area (Å²) in [7, 11) is -3.61. The van der Waals surface area contributed by atoms with E-state index < -0.39 is 10.0 Å². The van der Waals surface area contributed by atoms with Crippen LogP contribution in [0.5, 0.6) is 0 Å². The van der Waals surface area contributed by atoms with Gasteiger partial charge in [-0.15, -0.1) is 0 Å². The monoisotopic (exact) mass is 280 g/mol. The molecular weight excluding hydrogens is 264 g/mol. The lowest BCUT2D eigenvalue weighted by Gasteiger charge is -2.09. The second-order valence-corrected chi connectivity index (χ2v) is 6.03. The van der Waals surface area contributed by atoms with Gasteiger partial charge in [0.2, 0.25) is 0 Å². The van der Waals surface area contributed by atoms with Crippen LogP contribution in [0.1, 0.15) is 24.2 Å². The first-order valence-corrected chi connectivity index (χ1v) is 7.27. The molecule has 1 aromatic carbocycles. The lowest BCUT2D eigenvalue weighted by Crippen LogP contribution is -2.13. The van der Waals surface area contributed by atoms with E-state index in [1.807, 2.05) is 6.92 Å². The van der Waals surface area contributed by atoms with Crippen LogP contribution in [0.2, 0.25) is 0 Å². The highest BCUT2D eigenvalue weighted by molar-refractivity contribution is 7.92. The van der Waals surface area contributed by atoms with Crippen LogP contribution in [0.25, 0.3) is 0 Å². The van der Waals surface area contributed by atoms with Crippen LogP contribution < -0.4 is 10.5 Å². The molecule has 0 radical (unpaired) electrons. The SMILES string of the molecule is Cc1[nH]ncc1S(=O)(=O)Nc1ccc(C(C)N)cc1. The molecule has 2 rings (SSSR count). The van der Waals surface area contributed by atoms with E-state index in [4.69, 9.17) is 5.73 Å². The van der Waals surface area contributed by atoms with Gasteiger partial charge in [0.15, 0.2) is 0 Å². The van der Waals surface area contributed by atoms with Gasteiger partial charge in [0.1, 0.15) is 4.90 Å². The second kappa shape index (κ2) is 5.02. The Bertz CT molecular complexity index is 659. The van der Waals surface area contributed by atoms with Crippen LogP contribution in [0.15, 0.2) is 35.4 Å². The van der Waals surface area contributed by atoms with Gasteiger partial charge in [-0.05, 0) is 31.5 Å². The summed E-state index contributed by atoms with van der Waals surface area (Å²) < 4.78 is 26.7. The van der Waals surface area contributed by atoms with Crippen molar-refractivity contribution in [3.05, 3.63) is 41.7 Å². The molecule has 0 aliphatic heterocycles. The van der Waals surface area contributed by atoms with Crippen molar-refractivity contribution in [2.24, 2.45) is 5.73 Å². The van der Waals surface area contributed by atoms with Crippen molar-refractivity contribution in [3.8, 4) is 0 Å². The minimum atomic E-state index is -3.61. The highest BCUT2D eigenvalue weighted by Gasteiger charge is 2.18. The fourth-order valence-electron chi connectivity index (χ4n) is 1.68. The van der Waals surface area contributed by atoms with Crippen molar-refractivity contribution in [3.63, 3.8) is 0 Å². The average molecular weight is 280 g/mol. The number of benzene rings is 1. The Hall–Kier alpha value is -1.86. The number of nitrogens with one attached hydrogen (secondary N) is 2. The zero-order valence-electron chi connectivity index (χ0n) is 10.7. The van der Waals surface area contributed by atoms with Crippen LogP contribution in [-0.2, 0) is 10.0 Å². The fourth-order valence-corrected chi connectivity index (χ4v) is 2.87. The molecule has 0 fully saturated rings. The number of nitrogens with two attached hydrogens (primary N) is 1. The molecule has 1 unspecified atom stereocenters.